The molecule has 6 heteroatoms. The Labute approximate surface area is 174 Å². The summed E-state index contributed by atoms with van der Waals surface area (Å²) in [6.45, 7) is 8.45. The summed E-state index contributed by atoms with van der Waals surface area (Å²) in [7, 11) is 0. The summed E-state index contributed by atoms with van der Waals surface area (Å²) < 4.78 is 5.82. The van der Waals surface area contributed by atoms with Gasteiger partial charge in [-0.3, -0.25) is 0 Å². The summed E-state index contributed by atoms with van der Waals surface area (Å²) in [5, 5.41) is 6.78. The van der Waals surface area contributed by atoms with Crippen LogP contribution in [0.4, 0.5) is 0 Å². The molecular formula is C23H33N5O. The van der Waals surface area contributed by atoms with Crippen molar-refractivity contribution in [3.63, 3.8) is 0 Å². The van der Waals surface area contributed by atoms with Crippen molar-refractivity contribution in [1.82, 2.24) is 20.5 Å². The third-order valence-corrected chi connectivity index (χ3v) is 4.96. The van der Waals surface area contributed by atoms with E-state index in [9.17, 15) is 0 Å². The van der Waals surface area contributed by atoms with Crippen molar-refractivity contribution in [2.75, 3.05) is 32.7 Å². The van der Waals surface area contributed by atoms with Crippen molar-refractivity contribution in [3.05, 3.63) is 59.8 Å². The number of nitrogens with one attached hydrogen (secondary N) is 2. The van der Waals surface area contributed by atoms with Gasteiger partial charge < -0.3 is 20.3 Å². The molecule has 0 atom stereocenters. The van der Waals surface area contributed by atoms with Crippen LogP contribution < -0.4 is 15.4 Å². The molecule has 1 fully saturated rings. The second-order valence-electron chi connectivity index (χ2n) is 7.30. The first-order valence-corrected chi connectivity index (χ1v) is 10.7. The van der Waals surface area contributed by atoms with E-state index in [0.717, 1.165) is 36.7 Å². The fourth-order valence-corrected chi connectivity index (χ4v) is 3.39. The predicted molar refractivity (Wildman–Crippen MR) is 118 cm³/mol. The summed E-state index contributed by atoms with van der Waals surface area (Å²) in [6, 6.07) is 14.1. The molecule has 0 unspecified atom stereocenters. The molecule has 0 saturated carbocycles. The van der Waals surface area contributed by atoms with Gasteiger partial charge in [-0.25, -0.2) is 9.98 Å². The first-order chi connectivity index (χ1) is 14.3. The van der Waals surface area contributed by atoms with Gasteiger partial charge in [0.2, 0.25) is 5.88 Å². The molecular weight excluding hydrogens is 362 g/mol. The highest BCUT2D eigenvalue weighted by Gasteiger charge is 2.09. The average Bonchev–Trinajstić information content (AvgIpc) is 2.78. The highest BCUT2D eigenvalue weighted by atomic mass is 16.5. The summed E-state index contributed by atoms with van der Waals surface area (Å²) in [5.41, 5.74) is 2.21. The number of ether oxygens (including phenoxy) is 1. The van der Waals surface area contributed by atoms with Crippen LogP contribution in [-0.2, 0) is 13.2 Å². The topological polar surface area (TPSA) is 61.8 Å². The van der Waals surface area contributed by atoms with E-state index in [1.54, 1.807) is 6.20 Å². The van der Waals surface area contributed by atoms with Crippen LogP contribution >= 0.6 is 0 Å². The Kier molecular flexibility index (Phi) is 8.79. The Morgan fingerprint density at radius 3 is 2.69 bits per heavy atom. The minimum atomic E-state index is 0.515. The maximum Gasteiger partial charge on any atom is 0.213 e. The third-order valence-electron chi connectivity index (χ3n) is 4.96. The van der Waals surface area contributed by atoms with Crippen LogP contribution in [0.5, 0.6) is 5.88 Å². The molecule has 2 N–H and O–H groups in total. The number of nitrogens with zero attached hydrogens (tertiary/aromatic N) is 3. The summed E-state index contributed by atoms with van der Waals surface area (Å²) in [5.74, 6) is 1.48. The molecule has 0 radical (unpaired) electrons. The van der Waals surface area contributed by atoms with Crippen molar-refractivity contribution in [2.24, 2.45) is 4.99 Å². The Morgan fingerprint density at radius 1 is 1.07 bits per heavy atom. The predicted octanol–water partition coefficient (Wildman–Crippen LogP) is 3.20. The van der Waals surface area contributed by atoms with Crippen LogP contribution in [-0.4, -0.2) is 48.6 Å². The molecule has 0 bridgehead atoms. The van der Waals surface area contributed by atoms with Crippen LogP contribution in [0.2, 0.25) is 0 Å². The second kappa shape index (κ2) is 12.1. The summed E-state index contributed by atoms with van der Waals surface area (Å²) >= 11 is 0. The van der Waals surface area contributed by atoms with Crippen LogP contribution in [0, 0.1) is 0 Å². The molecule has 0 spiro atoms. The van der Waals surface area contributed by atoms with Gasteiger partial charge in [0.15, 0.2) is 5.96 Å². The fourth-order valence-electron chi connectivity index (χ4n) is 3.39. The highest BCUT2D eigenvalue weighted by molar-refractivity contribution is 5.79. The molecule has 0 amide bonds. The van der Waals surface area contributed by atoms with Gasteiger partial charge in [-0.1, -0.05) is 36.8 Å². The van der Waals surface area contributed by atoms with E-state index in [1.807, 2.05) is 42.5 Å². The molecule has 29 heavy (non-hydrogen) atoms. The number of guanidine groups is 1. The number of pyridine rings is 1. The average molecular weight is 396 g/mol. The number of rotatable bonds is 9. The number of likely N-dealkylation sites (tertiary alicyclic amines) is 1. The smallest absolute Gasteiger partial charge is 0.213 e. The van der Waals surface area contributed by atoms with Crippen molar-refractivity contribution in [2.45, 2.75) is 39.3 Å². The van der Waals surface area contributed by atoms with Crippen molar-refractivity contribution < 1.29 is 4.74 Å². The van der Waals surface area contributed by atoms with Gasteiger partial charge in [-0.2, -0.15) is 0 Å². The van der Waals surface area contributed by atoms with E-state index in [2.05, 4.69) is 27.4 Å². The molecule has 6 nitrogen and oxygen atoms in total. The first-order valence-electron chi connectivity index (χ1n) is 10.7. The lowest BCUT2D eigenvalue weighted by atomic mass is 10.1. The molecule has 3 rings (SSSR count). The zero-order chi connectivity index (χ0) is 20.2. The Hall–Kier alpha value is -2.60. The van der Waals surface area contributed by atoms with Gasteiger partial charge in [0.1, 0.15) is 6.61 Å². The van der Waals surface area contributed by atoms with Crippen molar-refractivity contribution in [1.29, 1.82) is 0 Å². The molecule has 1 aliphatic rings. The van der Waals surface area contributed by atoms with E-state index in [0.29, 0.717) is 19.0 Å². The van der Waals surface area contributed by atoms with E-state index in [-0.39, 0.29) is 0 Å². The first kappa shape index (κ1) is 21.1. The molecule has 1 aliphatic heterocycles. The lowest BCUT2D eigenvalue weighted by molar-refractivity contribution is 0.232. The zero-order valence-corrected chi connectivity index (χ0v) is 17.4. The number of benzene rings is 1. The van der Waals surface area contributed by atoms with Gasteiger partial charge in [0.05, 0.1) is 6.54 Å². The SMILES string of the molecule is CCNC(=NCc1ccnc(OCc2ccccc2)c1)NCCN1CCCCC1. The molecule has 1 aromatic heterocycles. The van der Waals surface area contributed by atoms with E-state index in [1.165, 1.54) is 32.4 Å². The largest absolute Gasteiger partial charge is 0.473 e. The minimum absolute atomic E-state index is 0.515. The van der Waals surface area contributed by atoms with Crippen molar-refractivity contribution >= 4 is 5.96 Å². The summed E-state index contributed by atoms with van der Waals surface area (Å²) in [4.78, 5) is 11.6. The standard InChI is InChI=1S/C23H33N5O/c1-2-24-23(26-13-16-28-14-7-4-8-15-28)27-18-21-11-12-25-22(17-21)29-19-20-9-5-3-6-10-20/h3,5-6,9-12,17H,2,4,7-8,13-16,18-19H2,1H3,(H2,24,26,27). The van der Waals surface area contributed by atoms with E-state index in [4.69, 9.17) is 9.73 Å². The third kappa shape index (κ3) is 7.74. The van der Waals surface area contributed by atoms with Gasteiger partial charge in [0, 0.05) is 31.9 Å². The Balaban J connectivity index is 1.48. The van der Waals surface area contributed by atoms with Crippen LogP contribution in [0.1, 0.15) is 37.3 Å². The van der Waals surface area contributed by atoms with E-state index < -0.39 is 0 Å². The van der Waals surface area contributed by atoms with Gasteiger partial charge in [0.25, 0.3) is 0 Å². The van der Waals surface area contributed by atoms with Crippen LogP contribution in [0.15, 0.2) is 53.7 Å². The summed E-state index contributed by atoms with van der Waals surface area (Å²) in [6.07, 6.45) is 5.80. The van der Waals surface area contributed by atoms with Gasteiger partial charge in [-0.15, -0.1) is 0 Å². The van der Waals surface area contributed by atoms with Crippen molar-refractivity contribution in [3.8, 4) is 5.88 Å². The fraction of sp³-hybridized carbons (Fsp3) is 0.478. The highest BCUT2D eigenvalue weighted by Crippen LogP contribution is 2.12. The maximum absolute atomic E-state index is 5.82. The molecule has 2 heterocycles. The Bertz CT molecular complexity index is 744. The molecule has 0 aliphatic carbocycles. The number of aliphatic imine (C=N–C) groups is 1. The molecule has 1 aromatic carbocycles. The monoisotopic (exact) mass is 395 g/mol. The lowest BCUT2D eigenvalue weighted by Crippen LogP contribution is -2.42. The maximum atomic E-state index is 5.82. The quantitative estimate of drug-likeness (QED) is 0.504. The number of piperidine rings is 1. The Morgan fingerprint density at radius 2 is 1.90 bits per heavy atom. The minimum Gasteiger partial charge on any atom is -0.473 e. The number of hydrogen-bond donors (Lipinski definition) is 2. The second-order valence-corrected chi connectivity index (χ2v) is 7.30. The van der Waals surface area contributed by atoms with E-state index >= 15 is 0 Å². The molecule has 2 aromatic rings. The molecule has 1 saturated heterocycles. The number of hydrogen-bond acceptors (Lipinski definition) is 4. The van der Waals surface area contributed by atoms with Crippen LogP contribution in [0.3, 0.4) is 0 Å². The van der Waals surface area contributed by atoms with Gasteiger partial charge >= 0.3 is 0 Å². The number of aromatic nitrogens is 1. The normalized spacial score (nSPS) is 15.1. The zero-order valence-electron chi connectivity index (χ0n) is 17.4. The molecule has 156 valence electrons. The lowest BCUT2D eigenvalue weighted by Gasteiger charge is -2.26. The van der Waals surface area contributed by atoms with Gasteiger partial charge in [-0.05, 0) is 50.0 Å². The van der Waals surface area contributed by atoms with Crippen LogP contribution in [0.25, 0.3) is 0 Å².